The van der Waals surface area contributed by atoms with Crippen molar-refractivity contribution in [3.05, 3.63) is 30.0 Å². The van der Waals surface area contributed by atoms with Gasteiger partial charge in [-0.15, -0.1) is 0 Å². The van der Waals surface area contributed by atoms with E-state index in [9.17, 15) is 5.11 Å². The van der Waals surface area contributed by atoms with Crippen molar-refractivity contribution in [2.75, 3.05) is 20.6 Å². The number of benzene rings is 1. The molecule has 1 aromatic carbocycles. The van der Waals surface area contributed by atoms with Crippen LogP contribution in [0, 0.1) is 0 Å². The number of aromatic nitrogens is 1. The molecule has 0 bridgehead atoms. The molecule has 1 aromatic heterocycles. The molecule has 0 aliphatic heterocycles. The molecule has 2 rings (SSSR count). The Labute approximate surface area is 92.1 Å². The highest BCUT2D eigenvalue weighted by atomic mass is 16.3. The van der Waals surface area contributed by atoms with Gasteiger partial charge in [0.15, 0.2) is 0 Å². The number of hydrogen-bond acceptors (Lipinski definition) is 2. The van der Waals surface area contributed by atoms with E-state index >= 15 is 0 Å². The largest absolute Gasteiger partial charge is 0.507 e. The van der Waals surface area contributed by atoms with Crippen LogP contribution < -0.4 is 0 Å². The quantitative estimate of drug-likeness (QED) is 0.806. The number of fused-ring (bicyclic) bond motifs is 1. The molecule has 0 saturated heterocycles. The van der Waals surface area contributed by atoms with E-state index in [0.29, 0.717) is 10.9 Å². The Morgan fingerprint density at radius 3 is 3.00 bits per heavy atom. The van der Waals surface area contributed by atoms with Crippen LogP contribution in [0.15, 0.2) is 24.4 Å². The molecule has 2 aromatic rings. The second-order valence-electron chi connectivity index (χ2n) is 3.82. The van der Waals surface area contributed by atoms with E-state index in [1.165, 1.54) is 0 Å². The van der Waals surface area contributed by atoms with E-state index in [1.807, 2.05) is 20.2 Å². The lowest BCUT2D eigenvalue weighted by Gasteiger charge is -2.08. The molecule has 0 atom stereocenters. The molecule has 2 N–H and O–H groups in total. The van der Waals surface area contributed by atoms with Crippen molar-refractivity contribution >= 4 is 10.9 Å². The number of rotatable bonds is 3. The van der Waals surface area contributed by atoms with E-state index in [0.717, 1.165) is 5.52 Å². The smallest absolute Gasteiger partial charge is 0.125 e. The zero-order valence-electron chi connectivity index (χ0n) is 10.9. The fourth-order valence-electron chi connectivity index (χ4n) is 1.55. The summed E-state index contributed by atoms with van der Waals surface area (Å²) in [5.74, 6) is 0.112. The highest BCUT2D eigenvalue weighted by Crippen LogP contribution is 2.27. The Morgan fingerprint density at radius 2 is 2.27 bits per heavy atom. The Morgan fingerprint density at radius 1 is 1.47 bits per heavy atom. The van der Waals surface area contributed by atoms with E-state index in [2.05, 4.69) is 4.98 Å². The Balaban J connectivity index is 2.55. The fraction of sp³-hybridized carbons (Fsp3) is 0.333. The molecule has 0 amide bonds. The number of aromatic amines is 1. The molecule has 80 valence electrons. The van der Waals surface area contributed by atoms with Crippen molar-refractivity contribution in [1.29, 1.82) is 0 Å². The van der Waals surface area contributed by atoms with Gasteiger partial charge in [-0.2, -0.15) is 0 Å². The summed E-state index contributed by atoms with van der Waals surface area (Å²) in [6, 6.07) is 5.13. The number of H-pyrrole nitrogens is 1. The SMILES string of the molecule is [2H]C([2H])(CN(C)C)c1c[nH]c2cccc(O)c12. The predicted molar refractivity (Wildman–Crippen MR) is 62.2 cm³/mol. The first-order valence-corrected chi connectivity index (χ1v) is 4.86. The summed E-state index contributed by atoms with van der Waals surface area (Å²) in [5.41, 5.74) is 1.25. The highest BCUT2D eigenvalue weighted by molar-refractivity contribution is 5.88. The Bertz CT molecular complexity index is 534. The van der Waals surface area contributed by atoms with Gasteiger partial charge in [-0.1, -0.05) is 6.07 Å². The summed E-state index contributed by atoms with van der Waals surface area (Å²) in [4.78, 5) is 4.78. The highest BCUT2D eigenvalue weighted by Gasteiger charge is 2.07. The third-order valence-electron chi connectivity index (χ3n) is 2.27. The summed E-state index contributed by atoms with van der Waals surface area (Å²) in [6.45, 7) is 0.272. The van der Waals surface area contributed by atoms with E-state index in [4.69, 9.17) is 2.74 Å². The van der Waals surface area contributed by atoms with Crippen molar-refractivity contribution in [2.45, 2.75) is 6.37 Å². The van der Waals surface area contributed by atoms with Crippen molar-refractivity contribution in [2.24, 2.45) is 0 Å². The lowest BCUT2D eigenvalue weighted by molar-refractivity contribution is 0.414. The maximum Gasteiger partial charge on any atom is 0.125 e. The zero-order valence-corrected chi connectivity index (χ0v) is 8.91. The first-order chi connectivity index (χ1) is 7.92. The average Bonchev–Trinajstić information content (AvgIpc) is 2.61. The zero-order chi connectivity index (χ0) is 12.6. The Hall–Kier alpha value is -1.48. The van der Waals surface area contributed by atoms with Gasteiger partial charge in [-0.05, 0) is 38.2 Å². The lowest BCUT2D eigenvalue weighted by atomic mass is 10.1. The summed E-state index contributed by atoms with van der Waals surface area (Å²) in [6.07, 6.45) is 0.133. The number of aromatic hydroxyl groups is 1. The van der Waals surface area contributed by atoms with Crippen LogP contribution in [0.5, 0.6) is 5.75 Å². The van der Waals surface area contributed by atoms with Crippen LogP contribution in [0.25, 0.3) is 10.9 Å². The van der Waals surface area contributed by atoms with E-state index < -0.39 is 6.37 Å². The van der Waals surface area contributed by atoms with Crippen LogP contribution in [-0.2, 0) is 6.37 Å². The molecule has 1 heterocycles. The van der Waals surface area contributed by atoms with Gasteiger partial charge in [0.05, 0.1) is 0 Å². The van der Waals surface area contributed by atoms with Gasteiger partial charge >= 0.3 is 0 Å². The predicted octanol–water partition coefficient (Wildman–Crippen LogP) is 1.98. The van der Waals surface area contributed by atoms with Gasteiger partial charge in [0, 0.05) is 26.4 Å². The molecule has 0 radical (unpaired) electrons. The first kappa shape index (κ1) is 7.77. The molecule has 0 fully saturated rings. The molecule has 0 unspecified atom stereocenters. The van der Waals surface area contributed by atoms with Crippen LogP contribution in [-0.4, -0.2) is 35.6 Å². The number of nitrogens with one attached hydrogen (secondary N) is 1. The van der Waals surface area contributed by atoms with Crippen LogP contribution in [0.3, 0.4) is 0 Å². The standard InChI is InChI=1S/C12H16N2O/c1-14(2)7-6-9-8-13-10-4-3-5-11(15)12(9)10/h3-5,8,13,15H,6-7H2,1-2H3/i6D2. The molecule has 15 heavy (non-hydrogen) atoms. The molecule has 0 aliphatic rings. The summed E-state index contributed by atoms with van der Waals surface area (Å²) in [5, 5.41) is 10.4. The van der Waals surface area contributed by atoms with Gasteiger partial charge < -0.3 is 15.0 Å². The van der Waals surface area contributed by atoms with Gasteiger partial charge in [0.1, 0.15) is 5.75 Å². The Kier molecular flexibility index (Phi) is 2.04. The van der Waals surface area contributed by atoms with Crippen LogP contribution in [0.2, 0.25) is 0 Å². The van der Waals surface area contributed by atoms with Crippen molar-refractivity contribution in [3.63, 3.8) is 0 Å². The van der Waals surface area contributed by atoms with Gasteiger partial charge in [0.2, 0.25) is 0 Å². The monoisotopic (exact) mass is 206 g/mol. The average molecular weight is 206 g/mol. The maximum absolute atomic E-state index is 9.84. The van der Waals surface area contributed by atoms with Gasteiger partial charge in [-0.3, -0.25) is 0 Å². The van der Waals surface area contributed by atoms with Crippen LogP contribution >= 0.6 is 0 Å². The maximum atomic E-state index is 9.84. The summed E-state index contributed by atoms with van der Waals surface area (Å²) in [7, 11) is 3.65. The molecule has 0 saturated carbocycles. The minimum Gasteiger partial charge on any atom is -0.507 e. The number of hydrogen-bond donors (Lipinski definition) is 2. The molecule has 0 spiro atoms. The molecule has 3 nitrogen and oxygen atoms in total. The van der Waals surface area contributed by atoms with Crippen molar-refractivity contribution in [3.8, 4) is 5.75 Å². The van der Waals surface area contributed by atoms with Crippen LogP contribution in [0.1, 0.15) is 8.30 Å². The number of phenolic OH excluding ortho intramolecular Hbond substituents is 1. The van der Waals surface area contributed by atoms with Gasteiger partial charge in [-0.25, -0.2) is 0 Å². The third kappa shape index (κ3) is 1.97. The van der Waals surface area contributed by atoms with Crippen LogP contribution in [0.4, 0.5) is 0 Å². The third-order valence-corrected chi connectivity index (χ3v) is 2.27. The van der Waals surface area contributed by atoms with E-state index in [-0.39, 0.29) is 12.3 Å². The lowest BCUT2D eigenvalue weighted by Crippen LogP contribution is -2.14. The van der Waals surface area contributed by atoms with Gasteiger partial charge in [0.25, 0.3) is 0 Å². The summed E-state index contributed by atoms with van der Waals surface area (Å²) < 4.78 is 16.2. The second kappa shape index (κ2) is 3.95. The minimum absolute atomic E-state index is 0.112. The normalized spacial score (nSPS) is 14.3. The van der Waals surface area contributed by atoms with E-state index in [1.54, 1.807) is 23.2 Å². The summed E-state index contributed by atoms with van der Waals surface area (Å²) >= 11 is 0. The minimum atomic E-state index is -1.50. The molecule has 3 heteroatoms. The molecular weight excluding hydrogens is 188 g/mol. The number of phenols is 1. The first-order valence-electron chi connectivity index (χ1n) is 5.86. The number of likely N-dealkylation sites (N-methyl/N-ethyl adjacent to an activating group) is 1. The second-order valence-corrected chi connectivity index (χ2v) is 3.82. The van der Waals surface area contributed by atoms with Crippen molar-refractivity contribution < 1.29 is 7.85 Å². The number of nitrogens with zero attached hydrogens (tertiary/aromatic N) is 1. The molecular formula is C12H16N2O. The fourth-order valence-corrected chi connectivity index (χ4v) is 1.55. The molecule has 0 aliphatic carbocycles. The topological polar surface area (TPSA) is 39.3 Å². The van der Waals surface area contributed by atoms with Crippen molar-refractivity contribution in [1.82, 2.24) is 9.88 Å².